The lowest BCUT2D eigenvalue weighted by atomic mass is 10.1. The second-order valence-electron chi connectivity index (χ2n) is 5.99. The largest absolute Gasteiger partial charge is 0.357 e. The lowest BCUT2D eigenvalue weighted by Gasteiger charge is -2.26. The molecule has 0 fully saturated rings. The van der Waals surface area contributed by atoms with Gasteiger partial charge in [0, 0.05) is 18.0 Å². The van der Waals surface area contributed by atoms with Gasteiger partial charge in [0.15, 0.2) is 5.96 Å². The summed E-state index contributed by atoms with van der Waals surface area (Å²) in [7, 11) is 4.22. The van der Waals surface area contributed by atoms with Gasteiger partial charge in [-0.1, -0.05) is 30.3 Å². The number of nitrogens with zero attached hydrogens (tertiary/aromatic N) is 2. The first-order valence-electron chi connectivity index (χ1n) is 8.38. The fraction of sp³-hybridized carbons (Fsp3) is 0.421. The van der Waals surface area contributed by atoms with E-state index in [1.165, 1.54) is 16.0 Å². The zero-order chi connectivity index (χ0) is 17.4. The van der Waals surface area contributed by atoms with E-state index in [0.29, 0.717) is 6.04 Å². The molecule has 0 amide bonds. The molecule has 0 spiro atoms. The molecule has 24 heavy (non-hydrogen) atoms. The number of nitrogens with one attached hydrogen (secondary N) is 2. The average Bonchev–Trinajstić information content (AvgIpc) is 2.98. The summed E-state index contributed by atoms with van der Waals surface area (Å²) in [5.74, 6) is 0.869. The molecule has 1 aromatic carbocycles. The minimum Gasteiger partial charge on any atom is -0.357 e. The maximum Gasteiger partial charge on any atom is 0.191 e. The lowest BCUT2D eigenvalue weighted by Crippen LogP contribution is -2.41. The van der Waals surface area contributed by atoms with Crippen molar-refractivity contribution in [1.29, 1.82) is 0 Å². The predicted octanol–water partition coefficient (Wildman–Crippen LogP) is 3.41. The van der Waals surface area contributed by atoms with Crippen molar-refractivity contribution in [3.8, 4) is 0 Å². The van der Waals surface area contributed by atoms with Crippen molar-refractivity contribution in [1.82, 2.24) is 15.5 Å². The van der Waals surface area contributed by atoms with Crippen molar-refractivity contribution in [2.45, 2.75) is 26.4 Å². The minimum atomic E-state index is 0.304. The number of aryl methyl sites for hydroxylation is 1. The Morgan fingerprint density at radius 2 is 1.92 bits per heavy atom. The van der Waals surface area contributed by atoms with E-state index in [2.05, 4.69) is 85.3 Å². The highest BCUT2D eigenvalue weighted by atomic mass is 32.1. The molecule has 130 valence electrons. The number of likely N-dealkylation sites (N-methyl/N-ethyl adjacent to an activating group) is 1. The SMILES string of the molecule is CCNC(=NCc1sccc1C)NCC(c1ccccc1)N(C)C. The van der Waals surface area contributed by atoms with Crippen LogP contribution in [0.15, 0.2) is 46.8 Å². The summed E-state index contributed by atoms with van der Waals surface area (Å²) in [5, 5.41) is 8.94. The maximum absolute atomic E-state index is 4.73. The third-order valence-electron chi connectivity index (χ3n) is 3.96. The number of thiophene rings is 1. The van der Waals surface area contributed by atoms with Crippen molar-refractivity contribution in [3.05, 3.63) is 57.8 Å². The molecule has 0 aliphatic heterocycles. The molecule has 2 aromatic rings. The standard InChI is InChI=1S/C19H28N4S/c1-5-20-19(22-14-18-15(2)11-12-24-18)21-13-17(23(3)4)16-9-7-6-8-10-16/h6-12,17H,5,13-14H2,1-4H3,(H2,20,21,22). The molecule has 0 aliphatic rings. The van der Waals surface area contributed by atoms with Gasteiger partial charge in [0.25, 0.3) is 0 Å². The number of guanidine groups is 1. The monoisotopic (exact) mass is 344 g/mol. The molecule has 4 nitrogen and oxygen atoms in total. The van der Waals surface area contributed by atoms with Crippen LogP contribution in [0.2, 0.25) is 0 Å². The van der Waals surface area contributed by atoms with Gasteiger partial charge in [-0.3, -0.25) is 0 Å². The summed E-state index contributed by atoms with van der Waals surface area (Å²) in [6.45, 7) is 6.61. The van der Waals surface area contributed by atoms with Gasteiger partial charge in [-0.25, -0.2) is 4.99 Å². The highest BCUT2D eigenvalue weighted by Gasteiger charge is 2.14. The van der Waals surface area contributed by atoms with Crippen molar-refractivity contribution in [3.63, 3.8) is 0 Å². The van der Waals surface area contributed by atoms with E-state index in [1.54, 1.807) is 11.3 Å². The van der Waals surface area contributed by atoms with Crippen LogP contribution in [0.3, 0.4) is 0 Å². The number of aliphatic imine (C=N–C) groups is 1. The first-order chi connectivity index (χ1) is 11.6. The Morgan fingerprint density at radius 3 is 2.50 bits per heavy atom. The first-order valence-corrected chi connectivity index (χ1v) is 9.26. The van der Waals surface area contributed by atoms with Crippen LogP contribution in [0, 0.1) is 6.92 Å². The van der Waals surface area contributed by atoms with Gasteiger partial charge in [-0.05, 0) is 50.5 Å². The minimum absolute atomic E-state index is 0.304. The summed E-state index contributed by atoms with van der Waals surface area (Å²) >= 11 is 1.76. The Hall–Kier alpha value is -1.85. The van der Waals surface area contributed by atoms with Gasteiger partial charge in [-0.2, -0.15) is 0 Å². The Labute approximate surface area is 149 Å². The summed E-state index contributed by atoms with van der Waals surface area (Å²) in [6.07, 6.45) is 0. The van der Waals surface area contributed by atoms with Crippen LogP contribution < -0.4 is 10.6 Å². The first kappa shape index (κ1) is 18.5. The average molecular weight is 345 g/mol. The van der Waals surface area contributed by atoms with Crippen LogP contribution in [0.5, 0.6) is 0 Å². The summed E-state index contributed by atoms with van der Waals surface area (Å²) in [6, 6.07) is 13.0. The fourth-order valence-electron chi connectivity index (χ4n) is 2.53. The zero-order valence-electron chi connectivity index (χ0n) is 15.0. The molecule has 1 aromatic heterocycles. The molecule has 1 heterocycles. The van der Waals surface area contributed by atoms with Crippen molar-refractivity contribution < 1.29 is 0 Å². The van der Waals surface area contributed by atoms with Gasteiger partial charge in [0.2, 0.25) is 0 Å². The third kappa shape index (κ3) is 5.35. The molecule has 2 N–H and O–H groups in total. The van der Waals surface area contributed by atoms with Crippen LogP contribution in [0.25, 0.3) is 0 Å². The Kier molecular flexibility index (Phi) is 7.28. The van der Waals surface area contributed by atoms with Crippen LogP contribution in [0.4, 0.5) is 0 Å². The molecule has 0 saturated carbocycles. The van der Waals surface area contributed by atoms with Gasteiger partial charge in [-0.15, -0.1) is 11.3 Å². The van der Waals surface area contributed by atoms with Crippen LogP contribution in [0.1, 0.15) is 29.0 Å². The van der Waals surface area contributed by atoms with Crippen LogP contribution in [-0.4, -0.2) is 38.0 Å². The highest BCUT2D eigenvalue weighted by molar-refractivity contribution is 7.10. The third-order valence-corrected chi connectivity index (χ3v) is 4.97. The predicted molar refractivity (Wildman–Crippen MR) is 105 cm³/mol. The molecule has 0 bridgehead atoms. The second kappa shape index (κ2) is 9.45. The number of hydrogen-bond acceptors (Lipinski definition) is 3. The zero-order valence-corrected chi connectivity index (χ0v) is 15.9. The molecule has 1 unspecified atom stereocenters. The highest BCUT2D eigenvalue weighted by Crippen LogP contribution is 2.17. The smallest absolute Gasteiger partial charge is 0.191 e. The van der Waals surface area contributed by atoms with E-state index in [9.17, 15) is 0 Å². The Morgan fingerprint density at radius 1 is 1.17 bits per heavy atom. The van der Waals surface area contributed by atoms with E-state index in [1.807, 2.05) is 0 Å². The molecule has 2 rings (SSSR count). The van der Waals surface area contributed by atoms with E-state index >= 15 is 0 Å². The number of benzene rings is 1. The molecule has 0 aliphatic carbocycles. The van der Waals surface area contributed by atoms with Crippen molar-refractivity contribution in [2.75, 3.05) is 27.2 Å². The van der Waals surface area contributed by atoms with Crippen LogP contribution >= 0.6 is 11.3 Å². The summed E-state index contributed by atoms with van der Waals surface area (Å²) < 4.78 is 0. The Bertz CT molecular complexity index is 634. The van der Waals surface area contributed by atoms with Crippen LogP contribution in [-0.2, 0) is 6.54 Å². The van der Waals surface area contributed by atoms with Gasteiger partial charge in [0.05, 0.1) is 12.6 Å². The quantitative estimate of drug-likeness (QED) is 0.597. The van der Waals surface area contributed by atoms with E-state index in [-0.39, 0.29) is 0 Å². The van der Waals surface area contributed by atoms with E-state index < -0.39 is 0 Å². The number of rotatable bonds is 7. The molecular formula is C19H28N4S. The maximum atomic E-state index is 4.73. The van der Waals surface area contributed by atoms with Gasteiger partial charge >= 0.3 is 0 Å². The summed E-state index contributed by atoms with van der Waals surface area (Å²) in [5.41, 5.74) is 2.62. The van der Waals surface area contributed by atoms with Crippen molar-refractivity contribution >= 4 is 17.3 Å². The summed E-state index contributed by atoms with van der Waals surface area (Å²) in [4.78, 5) is 8.28. The number of hydrogen-bond donors (Lipinski definition) is 2. The lowest BCUT2D eigenvalue weighted by molar-refractivity contribution is 0.298. The molecule has 5 heteroatoms. The molecule has 0 radical (unpaired) electrons. The molecular weight excluding hydrogens is 316 g/mol. The fourth-order valence-corrected chi connectivity index (χ4v) is 3.36. The van der Waals surface area contributed by atoms with Gasteiger partial charge < -0.3 is 15.5 Å². The van der Waals surface area contributed by atoms with E-state index in [4.69, 9.17) is 4.99 Å². The van der Waals surface area contributed by atoms with Crippen molar-refractivity contribution in [2.24, 2.45) is 4.99 Å². The molecule has 1 atom stereocenters. The topological polar surface area (TPSA) is 39.7 Å². The second-order valence-corrected chi connectivity index (χ2v) is 6.99. The van der Waals surface area contributed by atoms with Gasteiger partial charge in [0.1, 0.15) is 0 Å². The van der Waals surface area contributed by atoms with E-state index in [0.717, 1.165) is 25.6 Å². The Balaban J connectivity index is 2.02. The normalized spacial score (nSPS) is 13.1. The molecule has 0 saturated heterocycles.